The van der Waals surface area contributed by atoms with E-state index < -0.39 is 21.4 Å². The van der Waals surface area contributed by atoms with Gasteiger partial charge in [-0.2, -0.15) is 0 Å². The lowest BCUT2D eigenvalue weighted by atomic mass is 10.3. The third-order valence-corrected chi connectivity index (χ3v) is 3.61. The Kier molecular flexibility index (Phi) is 3.82. The van der Waals surface area contributed by atoms with Crippen LogP contribution in [0.2, 0.25) is 5.02 Å². The van der Waals surface area contributed by atoms with Gasteiger partial charge in [0, 0.05) is 11.9 Å². The highest BCUT2D eigenvalue weighted by Gasteiger charge is 2.16. The molecule has 6 heteroatoms. The fourth-order valence-corrected chi connectivity index (χ4v) is 1.78. The van der Waals surface area contributed by atoms with E-state index in [0.29, 0.717) is 5.02 Å². The Morgan fingerprint density at radius 2 is 2.13 bits per heavy atom. The maximum Gasteiger partial charge on any atom is 0.196 e. The van der Waals surface area contributed by atoms with Crippen molar-refractivity contribution in [2.75, 3.05) is 11.5 Å². The number of Topliss-reactive ketones (excluding diaryl/α,β-unsaturated/α-hetero) is 1. The van der Waals surface area contributed by atoms with Gasteiger partial charge in [0.25, 0.3) is 0 Å². The number of hydrogen-bond acceptors (Lipinski definition) is 4. The number of aromatic nitrogens is 1. The second kappa shape index (κ2) is 4.72. The van der Waals surface area contributed by atoms with Crippen molar-refractivity contribution in [3.8, 4) is 0 Å². The van der Waals surface area contributed by atoms with Crippen molar-refractivity contribution in [3.05, 3.63) is 29.0 Å². The number of pyridine rings is 1. The Labute approximate surface area is 93.2 Å². The summed E-state index contributed by atoms with van der Waals surface area (Å²) in [6, 6.07) is 2.91. The van der Waals surface area contributed by atoms with Crippen LogP contribution in [0.1, 0.15) is 17.4 Å². The molecule has 0 aromatic carbocycles. The van der Waals surface area contributed by atoms with Crippen LogP contribution < -0.4 is 0 Å². The summed E-state index contributed by atoms with van der Waals surface area (Å²) in [4.78, 5) is 15.2. The first-order valence-corrected chi connectivity index (χ1v) is 6.49. The van der Waals surface area contributed by atoms with Crippen LogP contribution in [0.4, 0.5) is 0 Å². The standard InChI is InChI=1S/C9H10ClNO3S/c1-2-15(13,14)6-9(12)8-4-3-7(10)5-11-8/h3-5H,2,6H2,1H3. The van der Waals surface area contributed by atoms with E-state index in [0.717, 1.165) is 0 Å². The molecule has 0 saturated heterocycles. The van der Waals surface area contributed by atoms with Crippen LogP contribution in [0, 0.1) is 0 Å². The smallest absolute Gasteiger partial charge is 0.196 e. The van der Waals surface area contributed by atoms with Crippen LogP contribution in [-0.2, 0) is 9.84 Å². The maximum absolute atomic E-state index is 11.4. The summed E-state index contributed by atoms with van der Waals surface area (Å²) in [6.07, 6.45) is 1.31. The van der Waals surface area contributed by atoms with E-state index in [2.05, 4.69) is 4.98 Å². The molecule has 15 heavy (non-hydrogen) atoms. The zero-order valence-corrected chi connectivity index (χ0v) is 9.68. The molecule has 0 amide bonds. The second-order valence-electron chi connectivity index (χ2n) is 2.96. The molecular formula is C9H10ClNO3S. The first-order valence-electron chi connectivity index (χ1n) is 4.30. The largest absolute Gasteiger partial charge is 0.291 e. The number of ketones is 1. The van der Waals surface area contributed by atoms with E-state index >= 15 is 0 Å². The predicted molar refractivity (Wildman–Crippen MR) is 57.9 cm³/mol. The first-order chi connectivity index (χ1) is 6.94. The van der Waals surface area contributed by atoms with Gasteiger partial charge >= 0.3 is 0 Å². The van der Waals surface area contributed by atoms with Gasteiger partial charge in [-0.25, -0.2) is 8.42 Å². The van der Waals surface area contributed by atoms with Gasteiger partial charge in [-0.15, -0.1) is 0 Å². The Balaban J connectivity index is 2.83. The van der Waals surface area contributed by atoms with Gasteiger partial charge in [-0.3, -0.25) is 9.78 Å². The van der Waals surface area contributed by atoms with Crippen LogP contribution in [0.15, 0.2) is 18.3 Å². The summed E-state index contributed by atoms with van der Waals surface area (Å²) in [5, 5.41) is 0.407. The lowest BCUT2D eigenvalue weighted by Crippen LogP contribution is -2.18. The fourth-order valence-electron chi connectivity index (χ4n) is 0.916. The average molecular weight is 248 g/mol. The van der Waals surface area contributed by atoms with Gasteiger partial charge in [-0.1, -0.05) is 18.5 Å². The van der Waals surface area contributed by atoms with Gasteiger partial charge in [0.15, 0.2) is 15.6 Å². The molecule has 0 spiro atoms. The van der Waals surface area contributed by atoms with Crippen LogP contribution in [-0.4, -0.2) is 30.7 Å². The lowest BCUT2D eigenvalue weighted by Gasteiger charge is -2.00. The number of rotatable bonds is 4. The van der Waals surface area contributed by atoms with E-state index in [9.17, 15) is 13.2 Å². The minimum Gasteiger partial charge on any atom is -0.291 e. The number of sulfone groups is 1. The second-order valence-corrected chi connectivity index (χ2v) is 5.75. The SMILES string of the molecule is CCS(=O)(=O)CC(=O)c1ccc(Cl)cn1. The third kappa shape index (κ3) is 3.60. The van der Waals surface area contributed by atoms with Crippen LogP contribution in [0.5, 0.6) is 0 Å². The van der Waals surface area contributed by atoms with E-state index in [-0.39, 0.29) is 11.4 Å². The molecule has 1 rings (SSSR count). The molecule has 0 atom stereocenters. The molecule has 1 aromatic heterocycles. The molecule has 0 saturated carbocycles. The minimum absolute atomic E-state index is 0.0493. The molecular weight excluding hydrogens is 238 g/mol. The lowest BCUT2D eigenvalue weighted by molar-refractivity contribution is 0.101. The number of carbonyl (C=O) groups excluding carboxylic acids is 1. The molecule has 0 N–H and O–H groups in total. The van der Waals surface area contributed by atoms with Gasteiger partial charge in [0.1, 0.15) is 11.4 Å². The van der Waals surface area contributed by atoms with E-state index in [1.165, 1.54) is 25.3 Å². The number of carbonyl (C=O) groups is 1. The summed E-state index contributed by atoms with van der Waals surface area (Å²) < 4.78 is 22.4. The van der Waals surface area contributed by atoms with E-state index in [1.807, 2.05) is 0 Å². The summed E-state index contributed by atoms with van der Waals surface area (Å²) >= 11 is 5.58. The zero-order chi connectivity index (χ0) is 11.5. The summed E-state index contributed by atoms with van der Waals surface area (Å²) in [5.41, 5.74) is 0.122. The Hall–Kier alpha value is -0.940. The van der Waals surface area contributed by atoms with Crippen LogP contribution >= 0.6 is 11.6 Å². The average Bonchev–Trinajstić information content (AvgIpc) is 2.18. The highest BCUT2D eigenvalue weighted by molar-refractivity contribution is 7.92. The van der Waals surface area contributed by atoms with Crippen molar-refractivity contribution in [3.63, 3.8) is 0 Å². The molecule has 0 aliphatic heterocycles. The van der Waals surface area contributed by atoms with Crippen molar-refractivity contribution >= 4 is 27.2 Å². The van der Waals surface area contributed by atoms with Crippen molar-refractivity contribution in [1.82, 2.24) is 4.98 Å². The highest BCUT2D eigenvalue weighted by Crippen LogP contribution is 2.07. The predicted octanol–water partition coefficient (Wildman–Crippen LogP) is 1.35. The quantitative estimate of drug-likeness (QED) is 0.754. The van der Waals surface area contributed by atoms with E-state index in [4.69, 9.17) is 11.6 Å². The number of hydrogen-bond donors (Lipinski definition) is 0. The molecule has 0 aliphatic carbocycles. The first kappa shape index (κ1) is 12.1. The van der Waals surface area contributed by atoms with Crippen molar-refractivity contribution in [2.24, 2.45) is 0 Å². The topological polar surface area (TPSA) is 64.1 Å². The van der Waals surface area contributed by atoms with Gasteiger partial charge in [-0.05, 0) is 12.1 Å². The molecule has 0 bridgehead atoms. The molecule has 82 valence electrons. The minimum atomic E-state index is -3.30. The normalized spacial score (nSPS) is 11.3. The Bertz CT molecular complexity index is 453. The summed E-state index contributed by atoms with van der Waals surface area (Å²) in [5.74, 6) is -1.06. The molecule has 0 fully saturated rings. The van der Waals surface area contributed by atoms with Gasteiger partial charge < -0.3 is 0 Å². The van der Waals surface area contributed by atoms with Crippen LogP contribution in [0.3, 0.4) is 0 Å². The molecule has 0 radical (unpaired) electrons. The summed E-state index contributed by atoms with van der Waals surface area (Å²) in [7, 11) is -3.30. The monoisotopic (exact) mass is 247 g/mol. The van der Waals surface area contributed by atoms with Crippen LogP contribution in [0.25, 0.3) is 0 Å². The Morgan fingerprint density at radius 1 is 1.47 bits per heavy atom. The molecule has 0 unspecified atom stereocenters. The van der Waals surface area contributed by atoms with Gasteiger partial charge in [0.2, 0.25) is 0 Å². The number of nitrogens with zero attached hydrogens (tertiary/aromatic N) is 1. The van der Waals surface area contributed by atoms with Gasteiger partial charge in [0.05, 0.1) is 5.02 Å². The van der Waals surface area contributed by atoms with Crippen molar-refractivity contribution in [1.29, 1.82) is 0 Å². The molecule has 1 heterocycles. The van der Waals surface area contributed by atoms with Crippen molar-refractivity contribution in [2.45, 2.75) is 6.92 Å². The molecule has 4 nitrogen and oxygen atoms in total. The summed E-state index contributed by atoms with van der Waals surface area (Å²) in [6.45, 7) is 1.50. The highest BCUT2D eigenvalue weighted by atomic mass is 35.5. The molecule has 0 aliphatic rings. The Morgan fingerprint density at radius 3 is 2.60 bits per heavy atom. The molecule has 1 aromatic rings. The van der Waals surface area contributed by atoms with E-state index in [1.54, 1.807) is 0 Å². The maximum atomic E-state index is 11.4. The zero-order valence-electron chi connectivity index (χ0n) is 8.10. The number of halogens is 1. The van der Waals surface area contributed by atoms with Crippen molar-refractivity contribution < 1.29 is 13.2 Å². The fraction of sp³-hybridized carbons (Fsp3) is 0.333. The third-order valence-electron chi connectivity index (χ3n) is 1.80.